The van der Waals surface area contributed by atoms with E-state index in [9.17, 15) is 0 Å². The average molecular weight is 228 g/mol. The largest absolute Gasteiger partial charge is 0.355 e. The first-order valence-electron chi connectivity index (χ1n) is 6.19. The van der Waals surface area contributed by atoms with Crippen LogP contribution in [0.2, 0.25) is 0 Å². The molecule has 0 radical (unpaired) electrons. The Balaban J connectivity index is 4.15. The van der Waals surface area contributed by atoms with E-state index in [2.05, 4.69) is 50.4 Å². The van der Waals surface area contributed by atoms with Crippen LogP contribution in [0.5, 0.6) is 0 Å². The molecule has 4 N–H and O–H groups in total. The standard InChI is InChI=1S/C12H28N4/c1-6-7-8-14-11(16-13)15-9-12(4,5)10(2)3/h10H,6-9,13H2,1-5H3,(H2,14,15,16). The van der Waals surface area contributed by atoms with Crippen LogP contribution < -0.4 is 16.6 Å². The van der Waals surface area contributed by atoms with Crippen molar-refractivity contribution in [3.63, 3.8) is 0 Å². The van der Waals surface area contributed by atoms with E-state index in [1.807, 2.05) is 0 Å². The van der Waals surface area contributed by atoms with Gasteiger partial charge in [0.05, 0.1) is 0 Å². The molecule has 4 heteroatoms. The number of hydrazine groups is 1. The summed E-state index contributed by atoms with van der Waals surface area (Å²) in [6.45, 7) is 12.7. The van der Waals surface area contributed by atoms with E-state index < -0.39 is 0 Å². The molecule has 0 spiro atoms. The van der Waals surface area contributed by atoms with Crippen molar-refractivity contribution in [3.8, 4) is 0 Å². The minimum atomic E-state index is 0.203. The van der Waals surface area contributed by atoms with Crippen molar-refractivity contribution in [1.82, 2.24) is 10.7 Å². The van der Waals surface area contributed by atoms with E-state index in [0.29, 0.717) is 11.9 Å². The molecular formula is C12H28N4. The Kier molecular flexibility index (Phi) is 7.13. The van der Waals surface area contributed by atoms with Gasteiger partial charge in [-0.3, -0.25) is 10.4 Å². The first kappa shape index (κ1) is 15.2. The highest BCUT2D eigenvalue weighted by molar-refractivity contribution is 5.79. The molecule has 0 heterocycles. The Morgan fingerprint density at radius 3 is 2.44 bits per heavy atom. The molecule has 4 nitrogen and oxygen atoms in total. The molecule has 0 amide bonds. The van der Waals surface area contributed by atoms with Gasteiger partial charge < -0.3 is 5.32 Å². The van der Waals surface area contributed by atoms with Gasteiger partial charge in [-0.2, -0.15) is 0 Å². The molecule has 0 atom stereocenters. The summed E-state index contributed by atoms with van der Waals surface area (Å²) in [4.78, 5) is 4.48. The summed E-state index contributed by atoms with van der Waals surface area (Å²) < 4.78 is 0. The minimum Gasteiger partial charge on any atom is -0.355 e. The molecule has 0 aromatic heterocycles. The van der Waals surface area contributed by atoms with Gasteiger partial charge in [-0.15, -0.1) is 0 Å². The number of unbranched alkanes of at least 4 members (excludes halogenated alkanes) is 1. The van der Waals surface area contributed by atoms with Crippen LogP contribution in [0.3, 0.4) is 0 Å². The first-order valence-corrected chi connectivity index (χ1v) is 6.19. The van der Waals surface area contributed by atoms with Gasteiger partial charge in [0, 0.05) is 13.1 Å². The lowest BCUT2D eigenvalue weighted by atomic mass is 9.81. The molecule has 0 aromatic rings. The maximum atomic E-state index is 5.42. The monoisotopic (exact) mass is 228 g/mol. The van der Waals surface area contributed by atoms with Crippen LogP contribution in [0, 0.1) is 11.3 Å². The number of rotatable bonds is 6. The van der Waals surface area contributed by atoms with E-state index in [0.717, 1.165) is 19.5 Å². The number of hydrogen-bond donors (Lipinski definition) is 3. The van der Waals surface area contributed by atoms with Crippen LogP contribution in [-0.4, -0.2) is 19.0 Å². The molecule has 0 unspecified atom stereocenters. The highest BCUT2D eigenvalue weighted by Crippen LogP contribution is 2.25. The Bertz CT molecular complexity index is 209. The summed E-state index contributed by atoms with van der Waals surface area (Å²) in [5.41, 5.74) is 2.81. The van der Waals surface area contributed by atoms with Crippen LogP contribution in [0.15, 0.2) is 4.99 Å². The van der Waals surface area contributed by atoms with Crippen LogP contribution in [0.4, 0.5) is 0 Å². The second-order valence-corrected chi connectivity index (χ2v) is 5.23. The smallest absolute Gasteiger partial charge is 0.205 e. The van der Waals surface area contributed by atoms with Crippen molar-refractivity contribution in [3.05, 3.63) is 0 Å². The Morgan fingerprint density at radius 2 is 2.00 bits per heavy atom. The molecule has 0 aliphatic heterocycles. The second kappa shape index (κ2) is 7.49. The maximum absolute atomic E-state index is 5.42. The van der Waals surface area contributed by atoms with E-state index in [1.54, 1.807) is 0 Å². The van der Waals surface area contributed by atoms with Crippen molar-refractivity contribution in [2.45, 2.75) is 47.5 Å². The predicted octanol–water partition coefficient (Wildman–Crippen LogP) is 1.88. The summed E-state index contributed by atoms with van der Waals surface area (Å²) in [6.07, 6.45) is 2.30. The van der Waals surface area contributed by atoms with E-state index in [1.165, 1.54) is 6.42 Å². The van der Waals surface area contributed by atoms with Crippen LogP contribution in [0.25, 0.3) is 0 Å². The number of aliphatic imine (C=N–C) groups is 1. The SMILES string of the molecule is CCCCNC(=NCC(C)(C)C(C)C)NN. The molecule has 0 bridgehead atoms. The van der Waals surface area contributed by atoms with E-state index in [4.69, 9.17) is 5.84 Å². The Hall–Kier alpha value is -0.770. The minimum absolute atomic E-state index is 0.203. The van der Waals surface area contributed by atoms with Crippen LogP contribution >= 0.6 is 0 Å². The van der Waals surface area contributed by atoms with Gasteiger partial charge in [0.2, 0.25) is 5.96 Å². The zero-order valence-electron chi connectivity index (χ0n) is 11.4. The normalized spacial score (nSPS) is 13.1. The Labute approximate surface area is 100 Å². The molecular weight excluding hydrogens is 200 g/mol. The van der Waals surface area contributed by atoms with Crippen molar-refractivity contribution < 1.29 is 0 Å². The third-order valence-electron chi connectivity index (χ3n) is 3.17. The summed E-state index contributed by atoms with van der Waals surface area (Å²) in [5.74, 6) is 6.72. The van der Waals surface area contributed by atoms with E-state index >= 15 is 0 Å². The zero-order chi connectivity index (χ0) is 12.6. The molecule has 16 heavy (non-hydrogen) atoms. The fourth-order valence-corrected chi connectivity index (χ4v) is 1.00. The number of nitrogens with zero attached hydrogens (tertiary/aromatic N) is 1. The number of nitrogens with one attached hydrogen (secondary N) is 2. The number of guanidine groups is 1. The van der Waals surface area contributed by atoms with Gasteiger partial charge in [-0.05, 0) is 17.8 Å². The predicted molar refractivity (Wildman–Crippen MR) is 71.2 cm³/mol. The van der Waals surface area contributed by atoms with Crippen molar-refractivity contribution >= 4 is 5.96 Å². The fraction of sp³-hybridized carbons (Fsp3) is 0.917. The zero-order valence-corrected chi connectivity index (χ0v) is 11.4. The molecule has 0 aromatic carbocycles. The highest BCUT2D eigenvalue weighted by Gasteiger charge is 2.21. The van der Waals surface area contributed by atoms with Gasteiger partial charge in [-0.25, -0.2) is 5.84 Å². The van der Waals surface area contributed by atoms with Gasteiger partial charge >= 0.3 is 0 Å². The quantitative estimate of drug-likeness (QED) is 0.214. The van der Waals surface area contributed by atoms with Crippen molar-refractivity contribution in [2.75, 3.05) is 13.1 Å². The average Bonchev–Trinajstić information content (AvgIpc) is 2.23. The maximum Gasteiger partial charge on any atom is 0.205 e. The van der Waals surface area contributed by atoms with Crippen LogP contribution in [-0.2, 0) is 0 Å². The summed E-state index contributed by atoms with van der Waals surface area (Å²) >= 11 is 0. The molecule has 0 aliphatic rings. The fourth-order valence-electron chi connectivity index (χ4n) is 1.00. The molecule has 0 fully saturated rings. The van der Waals surface area contributed by atoms with Crippen molar-refractivity contribution in [2.24, 2.45) is 22.2 Å². The topological polar surface area (TPSA) is 62.4 Å². The van der Waals surface area contributed by atoms with Gasteiger partial charge in [-0.1, -0.05) is 41.0 Å². The second-order valence-electron chi connectivity index (χ2n) is 5.23. The van der Waals surface area contributed by atoms with Crippen molar-refractivity contribution in [1.29, 1.82) is 0 Å². The van der Waals surface area contributed by atoms with Crippen LogP contribution in [0.1, 0.15) is 47.5 Å². The molecule has 96 valence electrons. The van der Waals surface area contributed by atoms with E-state index in [-0.39, 0.29) is 5.41 Å². The molecule has 0 saturated carbocycles. The van der Waals surface area contributed by atoms with Gasteiger partial charge in [0.15, 0.2) is 0 Å². The first-order chi connectivity index (χ1) is 7.44. The molecule has 0 rings (SSSR count). The Morgan fingerprint density at radius 1 is 1.38 bits per heavy atom. The molecule has 0 saturated heterocycles. The van der Waals surface area contributed by atoms with Gasteiger partial charge in [0.25, 0.3) is 0 Å². The summed E-state index contributed by atoms with van der Waals surface area (Å²) in [6, 6.07) is 0. The lowest BCUT2D eigenvalue weighted by Crippen LogP contribution is -2.42. The lowest BCUT2D eigenvalue weighted by molar-refractivity contribution is 0.261. The highest BCUT2D eigenvalue weighted by atomic mass is 15.3. The summed E-state index contributed by atoms with van der Waals surface area (Å²) in [7, 11) is 0. The third-order valence-corrected chi connectivity index (χ3v) is 3.17. The molecule has 0 aliphatic carbocycles. The number of nitrogens with two attached hydrogens (primary N) is 1. The number of hydrogen-bond acceptors (Lipinski definition) is 2. The lowest BCUT2D eigenvalue weighted by Gasteiger charge is -2.27. The summed E-state index contributed by atoms with van der Waals surface area (Å²) in [5, 5.41) is 3.20. The third kappa shape index (κ3) is 5.95. The van der Waals surface area contributed by atoms with Gasteiger partial charge in [0.1, 0.15) is 0 Å².